The van der Waals surface area contributed by atoms with Gasteiger partial charge in [0.15, 0.2) is 18.8 Å². The molecule has 2 aliphatic carbocycles. The second kappa shape index (κ2) is 21.8. The molecule has 19 atom stereocenters. The number of ether oxygens (including phenoxy) is 6. The standard InChI is InChI=1S/C43H58N2O21/c46-12-17-11-23(31(53)33(55)30(17)52)44-29-24(13-47)63-42(37(59)32(29)54)66-40-26(15-49)64-43(38(60)35(40)57)65-39-25(14-48)62-41(36(58)34(39)56)45-27(50)9-10-28(51)61-16-22-20-7-3-1-5-18(20)19-6-2-4-8-21(19)22/h1-8,11,22-26,29-44,46-49,52-60H,9-10,12-16H2,(H,45,50)/t23-,24?,25?,26?,29+,30+,31?,32-,33-,34+,35+,36?,37?,38?,39+,40+,41?,42+,43+/m1/s1. The third-order valence-electron chi connectivity index (χ3n) is 12.8. The van der Waals surface area contributed by atoms with E-state index in [0.29, 0.717) is 0 Å². The van der Waals surface area contributed by atoms with Crippen LogP contribution in [0.4, 0.5) is 0 Å². The number of fused-ring (bicyclic) bond motifs is 3. The molecule has 8 unspecified atom stereocenters. The smallest absolute Gasteiger partial charge is 0.306 e. The fourth-order valence-electron chi connectivity index (χ4n) is 9.12. The molecule has 66 heavy (non-hydrogen) atoms. The molecule has 3 heterocycles. The summed E-state index contributed by atoms with van der Waals surface area (Å²) in [5, 5.41) is 143. The molecule has 23 heteroatoms. The van der Waals surface area contributed by atoms with E-state index < -0.39 is 155 Å². The Kier molecular flexibility index (Phi) is 16.6. The molecular formula is C43H58N2O21. The summed E-state index contributed by atoms with van der Waals surface area (Å²) in [6.07, 6.45) is -29.5. The van der Waals surface area contributed by atoms with Crippen LogP contribution in [0.2, 0.25) is 0 Å². The van der Waals surface area contributed by atoms with Crippen molar-refractivity contribution in [3.63, 3.8) is 0 Å². The zero-order chi connectivity index (χ0) is 47.6. The molecular weight excluding hydrogens is 880 g/mol. The van der Waals surface area contributed by atoms with E-state index in [4.69, 9.17) is 28.4 Å². The SMILES string of the molecule is O=C(CCC(=O)OCC1c2ccccc2-c2ccccc21)NC1OC(CO)[C@H](O[C@@H]2OC(CO)[C@H](O[C@@H]3OC(CO)[C@H](N[C@@H]4C=C(CO)[C@H](O)[C@@H](O)C4O)[C@@H](O)C3O)[C@@H](O)C2O)[C@@H](O)C1O. The predicted octanol–water partition coefficient (Wildman–Crippen LogP) is -6.33. The van der Waals surface area contributed by atoms with Crippen LogP contribution in [-0.4, -0.2) is 228 Å². The van der Waals surface area contributed by atoms with Crippen LogP contribution in [0.3, 0.4) is 0 Å². The van der Waals surface area contributed by atoms with Gasteiger partial charge in [0.05, 0.1) is 44.9 Å². The fraction of sp³-hybridized carbons (Fsp3) is 0.628. The molecule has 0 saturated carbocycles. The average molecular weight is 939 g/mol. The van der Waals surface area contributed by atoms with E-state index >= 15 is 0 Å². The molecule has 3 saturated heterocycles. The zero-order valence-corrected chi connectivity index (χ0v) is 35.3. The average Bonchev–Trinajstić information content (AvgIpc) is 3.64. The second-order valence-corrected chi connectivity index (χ2v) is 16.9. The number of carbonyl (C=O) groups excluding carboxylic acids is 2. The predicted molar refractivity (Wildman–Crippen MR) is 219 cm³/mol. The van der Waals surface area contributed by atoms with Crippen molar-refractivity contribution < 1.29 is 104 Å². The number of nitrogens with one attached hydrogen (secondary N) is 2. The van der Waals surface area contributed by atoms with Gasteiger partial charge in [-0.15, -0.1) is 0 Å². The van der Waals surface area contributed by atoms with Crippen LogP contribution in [0.5, 0.6) is 0 Å². The maximum Gasteiger partial charge on any atom is 0.306 e. The first-order chi connectivity index (χ1) is 31.6. The Morgan fingerprint density at radius 1 is 0.591 bits per heavy atom. The van der Waals surface area contributed by atoms with Gasteiger partial charge >= 0.3 is 5.97 Å². The Bertz CT molecular complexity index is 1940. The number of hydrogen-bond donors (Lipinski definition) is 15. The first-order valence-corrected chi connectivity index (χ1v) is 21.5. The van der Waals surface area contributed by atoms with E-state index in [1.165, 1.54) is 6.08 Å². The molecule has 1 amide bonds. The molecule has 366 valence electrons. The van der Waals surface area contributed by atoms with Crippen LogP contribution >= 0.6 is 0 Å². The molecule has 5 aliphatic rings. The van der Waals surface area contributed by atoms with Gasteiger partial charge in [0.2, 0.25) is 5.91 Å². The maximum atomic E-state index is 12.9. The first-order valence-electron chi connectivity index (χ1n) is 21.5. The highest BCUT2D eigenvalue weighted by atomic mass is 16.7. The van der Waals surface area contributed by atoms with E-state index in [-0.39, 0.29) is 30.9 Å². The maximum absolute atomic E-state index is 12.9. The monoisotopic (exact) mass is 938 g/mol. The van der Waals surface area contributed by atoms with E-state index in [2.05, 4.69) is 10.6 Å². The normalized spacial score (nSPS) is 39.1. The van der Waals surface area contributed by atoms with Crippen molar-refractivity contribution in [3.05, 3.63) is 71.3 Å². The van der Waals surface area contributed by atoms with Crippen LogP contribution in [0.1, 0.15) is 29.9 Å². The van der Waals surface area contributed by atoms with Gasteiger partial charge in [-0.2, -0.15) is 0 Å². The highest BCUT2D eigenvalue weighted by Gasteiger charge is 2.54. The molecule has 3 fully saturated rings. The molecule has 7 rings (SSSR count). The summed E-state index contributed by atoms with van der Waals surface area (Å²) in [6, 6.07) is 13.0. The van der Waals surface area contributed by atoms with Gasteiger partial charge in [-0.05, 0) is 27.8 Å². The number of carbonyl (C=O) groups is 2. The third kappa shape index (κ3) is 10.2. The van der Waals surface area contributed by atoms with Crippen molar-refractivity contribution in [2.75, 3.05) is 33.0 Å². The lowest BCUT2D eigenvalue weighted by atomic mass is 9.86. The Morgan fingerprint density at radius 2 is 1.12 bits per heavy atom. The third-order valence-corrected chi connectivity index (χ3v) is 12.8. The van der Waals surface area contributed by atoms with Crippen molar-refractivity contribution in [2.24, 2.45) is 0 Å². The molecule has 2 aromatic rings. The number of amides is 1. The largest absolute Gasteiger partial charge is 0.465 e. The highest BCUT2D eigenvalue weighted by molar-refractivity contribution is 5.82. The lowest BCUT2D eigenvalue weighted by molar-refractivity contribution is -0.369. The van der Waals surface area contributed by atoms with Gasteiger partial charge < -0.3 is 105 Å². The minimum absolute atomic E-state index is 0.0426. The molecule has 15 N–H and O–H groups in total. The summed E-state index contributed by atoms with van der Waals surface area (Å²) in [5.74, 6) is -1.62. The number of hydrogen-bond acceptors (Lipinski definition) is 22. The number of benzene rings is 2. The minimum atomic E-state index is -2.06. The van der Waals surface area contributed by atoms with Crippen LogP contribution in [-0.2, 0) is 38.0 Å². The Labute approximate surface area is 377 Å². The lowest BCUT2D eigenvalue weighted by Crippen LogP contribution is -2.69. The van der Waals surface area contributed by atoms with Crippen molar-refractivity contribution >= 4 is 11.9 Å². The van der Waals surface area contributed by atoms with Gasteiger partial charge in [0.1, 0.15) is 92.1 Å². The molecule has 0 radical (unpaired) electrons. The zero-order valence-electron chi connectivity index (χ0n) is 35.3. The van der Waals surface area contributed by atoms with Crippen LogP contribution < -0.4 is 10.6 Å². The molecule has 2 aromatic carbocycles. The van der Waals surface area contributed by atoms with Crippen LogP contribution in [0.25, 0.3) is 11.1 Å². The Hall–Kier alpha value is -3.64. The number of aliphatic hydroxyl groups is 13. The van der Waals surface area contributed by atoms with Gasteiger partial charge in [-0.1, -0.05) is 54.6 Å². The second-order valence-electron chi connectivity index (χ2n) is 16.9. The summed E-state index contributed by atoms with van der Waals surface area (Å²) in [7, 11) is 0. The summed E-state index contributed by atoms with van der Waals surface area (Å²) in [5.41, 5.74) is 4.06. The van der Waals surface area contributed by atoms with E-state index in [1.54, 1.807) is 0 Å². The summed E-state index contributed by atoms with van der Waals surface area (Å²) in [4.78, 5) is 25.6. The van der Waals surface area contributed by atoms with E-state index in [1.807, 2.05) is 48.5 Å². The molecule has 23 nitrogen and oxygen atoms in total. The van der Waals surface area contributed by atoms with Gasteiger partial charge in [0, 0.05) is 12.3 Å². The first kappa shape index (κ1) is 50.2. The Balaban J connectivity index is 0.908. The van der Waals surface area contributed by atoms with Crippen molar-refractivity contribution in [1.29, 1.82) is 0 Å². The summed E-state index contributed by atoms with van der Waals surface area (Å²) < 4.78 is 34.0. The molecule has 3 aliphatic heterocycles. The van der Waals surface area contributed by atoms with Gasteiger partial charge in [-0.25, -0.2) is 0 Å². The number of esters is 1. The van der Waals surface area contributed by atoms with Crippen LogP contribution in [0.15, 0.2) is 60.2 Å². The van der Waals surface area contributed by atoms with Crippen molar-refractivity contribution in [3.8, 4) is 11.1 Å². The topological polar surface area (TPSA) is 377 Å². The highest BCUT2D eigenvalue weighted by Crippen LogP contribution is 2.44. The fourth-order valence-corrected chi connectivity index (χ4v) is 9.12. The van der Waals surface area contributed by atoms with E-state index in [9.17, 15) is 76.0 Å². The van der Waals surface area contributed by atoms with Crippen molar-refractivity contribution in [2.45, 2.75) is 135 Å². The van der Waals surface area contributed by atoms with Gasteiger partial charge in [0.25, 0.3) is 0 Å². The molecule has 0 bridgehead atoms. The molecule has 0 spiro atoms. The lowest BCUT2D eigenvalue weighted by Gasteiger charge is -2.49. The molecule has 0 aromatic heterocycles. The minimum Gasteiger partial charge on any atom is -0.465 e. The summed E-state index contributed by atoms with van der Waals surface area (Å²) in [6.45, 7) is -3.27. The van der Waals surface area contributed by atoms with Crippen molar-refractivity contribution in [1.82, 2.24) is 10.6 Å². The Morgan fingerprint density at radius 3 is 1.70 bits per heavy atom. The quantitative estimate of drug-likeness (QED) is 0.0550. The van der Waals surface area contributed by atoms with Crippen LogP contribution in [0, 0.1) is 0 Å². The van der Waals surface area contributed by atoms with Gasteiger partial charge in [-0.3, -0.25) is 9.59 Å². The number of aliphatic hydroxyl groups excluding tert-OH is 13. The number of rotatable bonds is 16. The van der Waals surface area contributed by atoms with E-state index in [0.717, 1.165) is 22.3 Å². The summed E-state index contributed by atoms with van der Waals surface area (Å²) >= 11 is 0.